The van der Waals surface area contributed by atoms with Crippen LogP contribution in [0.2, 0.25) is 0 Å². The molecule has 0 saturated carbocycles. The van der Waals surface area contributed by atoms with Crippen LogP contribution in [0.15, 0.2) is 28.9 Å². The van der Waals surface area contributed by atoms with Gasteiger partial charge in [-0.25, -0.2) is 4.98 Å². The minimum absolute atomic E-state index is 0.151. The van der Waals surface area contributed by atoms with Gasteiger partial charge in [0.05, 0.1) is 6.04 Å². The van der Waals surface area contributed by atoms with E-state index in [0.29, 0.717) is 19.4 Å². The van der Waals surface area contributed by atoms with Crippen molar-refractivity contribution < 1.29 is 9.21 Å². The van der Waals surface area contributed by atoms with Crippen LogP contribution < -0.4 is 0 Å². The van der Waals surface area contributed by atoms with Gasteiger partial charge in [0.15, 0.2) is 0 Å². The molecule has 2 aromatic rings. The predicted molar refractivity (Wildman–Crippen MR) is 86.9 cm³/mol. The number of hydrogen-bond acceptors (Lipinski definition) is 4. The second-order valence-corrected chi connectivity index (χ2v) is 5.97. The molecule has 0 bridgehead atoms. The Kier molecular flexibility index (Phi) is 4.81. The number of imidazole rings is 1. The number of carbonyl (C=O) groups is 1. The van der Waals surface area contributed by atoms with Gasteiger partial charge in [0, 0.05) is 44.9 Å². The van der Waals surface area contributed by atoms with Crippen molar-refractivity contribution in [1.29, 1.82) is 0 Å². The van der Waals surface area contributed by atoms with E-state index in [1.165, 1.54) is 0 Å². The monoisotopic (exact) mass is 316 g/mol. The molecule has 3 rings (SSSR count). The summed E-state index contributed by atoms with van der Waals surface area (Å²) < 4.78 is 5.54. The Morgan fingerprint density at radius 1 is 1.43 bits per heavy atom. The highest BCUT2D eigenvalue weighted by Crippen LogP contribution is 2.23. The summed E-state index contributed by atoms with van der Waals surface area (Å²) >= 11 is 0. The van der Waals surface area contributed by atoms with E-state index in [2.05, 4.69) is 21.8 Å². The number of hydrogen-bond donors (Lipinski definition) is 1. The van der Waals surface area contributed by atoms with Gasteiger partial charge in [0.2, 0.25) is 5.91 Å². The molecular weight excluding hydrogens is 292 g/mol. The number of piperazine rings is 1. The van der Waals surface area contributed by atoms with Gasteiger partial charge in [-0.2, -0.15) is 0 Å². The first-order valence-electron chi connectivity index (χ1n) is 8.23. The Bertz CT molecular complexity index is 635. The number of likely N-dealkylation sites (N-methyl/N-ethyl adjacent to an activating group) is 1. The molecule has 1 amide bonds. The van der Waals surface area contributed by atoms with Crippen molar-refractivity contribution in [3.63, 3.8) is 0 Å². The molecular formula is C17H24N4O2. The zero-order valence-electron chi connectivity index (χ0n) is 13.8. The maximum Gasteiger partial charge on any atom is 0.223 e. The summed E-state index contributed by atoms with van der Waals surface area (Å²) in [5, 5.41) is 0. The quantitative estimate of drug-likeness (QED) is 0.918. The molecule has 0 spiro atoms. The molecule has 0 aliphatic carbocycles. The van der Waals surface area contributed by atoms with E-state index in [0.717, 1.165) is 37.0 Å². The van der Waals surface area contributed by atoms with Gasteiger partial charge < -0.3 is 14.3 Å². The Labute approximate surface area is 136 Å². The van der Waals surface area contributed by atoms with Crippen molar-refractivity contribution in [3.8, 4) is 0 Å². The number of aromatic nitrogens is 2. The summed E-state index contributed by atoms with van der Waals surface area (Å²) in [5.74, 6) is 2.89. The van der Waals surface area contributed by atoms with E-state index < -0.39 is 0 Å². The Hall–Kier alpha value is -2.08. The third kappa shape index (κ3) is 3.64. The highest BCUT2D eigenvalue weighted by Gasteiger charge is 2.30. The smallest absolute Gasteiger partial charge is 0.223 e. The fourth-order valence-corrected chi connectivity index (χ4v) is 3.15. The normalized spacial score (nSPS) is 19.2. The first-order valence-corrected chi connectivity index (χ1v) is 8.23. The van der Waals surface area contributed by atoms with Crippen LogP contribution in [-0.2, 0) is 11.2 Å². The Morgan fingerprint density at radius 3 is 2.96 bits per heavy atom. The number of aromatic amines is 1. The molecule has 0 aromatic carbocycles. The Morgan fingerprint density at radius 2 is 2.30 bits per heavy atom. The summed E-state index contributed by atoms with van der Waals surface area (Å²) in [6, 6.07) is 4.04. The zero-order valence-corrected chi connectivity index (χ0v) is 13.8. The number of nitrogens with one attached hydrogen (secondary N) is 1. The maximum absolute atomic E-state index is 12.5. The standard InChI is InChI=1S/C17H24N4O2/c1-3-20-10-11-21(12-15(20)17-18-8-9-19-17)16(22)7-6-14-5-4-13(2)23-14/h4-5,8-9,15H,3,6-7,10-12H2,1-2H3,(H,18,19). The molecule has 0 radical (unpaired) electrons. The van der Waals surface area contributed by atoms with Crippen LogP contribution in [0.1, 0.15) is 36.7 Å². The molecule has 1 fully saturated rings. The minimum Gasteiger partial charge on any atom is -0.466 e. The van der Waals surface area contributed by atoms with E-state index in [-0.39, 0.29) is 11.9 Å². The average Bonchev–Trinajstić information content (AvgIpc) is 3.23. The lowest BCUT2D eigenvalue weighted by Gasteiger charge is -2.40. The van der Waals surface area contributed by atoms with Crippen molar-refractivity contribution in [3.05, 3.63) is 41.9 Å². The molecule has 1 N–H and O–H groups in total. The summed E-state index contributed by atoms with van der Waals surface area (Å²) in [5.41, 5.74) is 0. The number of nitrogens with zero attached hydrogens (tertiary/aromatic N) is 3. The van der Waals surface area contributed by atoms with Gasteiger partial charge >= 0.3 is 0 Å². The maximum atomic E-state index is 12.5. The van der Waals surface area contributed by atoms with E-state index in [1.54, 1.807) is 6.20 Å². The van der Waals surface area contributed by atoms with Gasteiger partial charge in [-0.05, 0) is 25.6 Å². The van der Waals surface area contributed by atoms with Crippen molar-refractivity contribution in [2.75, 3.05) is 26.2 Å². The number of rotatable bonds is 5. The van der Waals surface area contributed by atoms with Crippen LogP contribution in [0, 0.1) is 6.92 Å². The molecule has 1 aliphatic heterocycles. The van der Waals surface area contributed by atoms with E-state index in [9.17, 15) is 4.79 Å². The van der Waals surface area contributed by atoms with Crippen molar-refractivity contribution in [2.45, 2.75) is 32.7 Å². The molecule has 1 unspecified atom stereocenters. The van der Waals surface area contributed by atoms with Crippen molar-refractivity contribution in [1.82, 2.24) is 19.8 Å². The lowest BCUT2D eigenvalue weighted by molar-refractivity contribution is -0.134. The van der Waals surface area contributed by atoms with Crippen LogP contribution in [-0.4, -0.2) is 51.9 Å². The van der Waals surface area contributed by atoms with Crippen molar-refractivity contribution >= 4 is 5.91 Å². The highest BCUT2D eigenvalue weighted by molar-refractivity contribution is 5.76. The molecule has 124 valence electrons. The second kappa shape index (κ2) is 7.00. The highest BCUT2D eigenvalue weighted by atomic mass is 16.3. The number of furan rings is 1. The van der Waals surface area contributed by atoms with Crippen LogP contribution in [0.4, 0.5) is 0 Å². The van der Waals surface area contributed by atoms with Crippen LogP contribution in [0.3, 0.4) is 0 Å². The summed E-state index contributed by atoms with van der Waals surface area (Å²) in [6.45, 7) is 7.38. The van der Waals surface area contributed by atoms with Crippen LogP contribution >= 0.6 is 0 Å². The average molecular weight is 316 g/mol. The third-order valence-corrected chi connectivity index (χ3v) is 4.47. The number of aryl methyl sites for hydroxylation is 2. The van der Waals surface area contributed by atoms with Gasteiger partial charge in [-0.3, -0.25) is 9.69 Å². The summed E-state index contributed by atoms with van der Waals surface area (Å²) in [6.07, 6.45) is 4.75. The molecule has 6 heteroatoms. The zero-order chi connectivity index (χ0) is 16.2. The molecule has 6 nitrogen and oxygen atoms in total. The van der Waals surface area contributed by atoms with E-state index >= 15 is 0 Å². The van der Waals surface area contributed by atoms with Crippen molar-refractivity contribution in [2.24, 2.45) is 0 Å². The van der Waals surface area contributed by atoms with E-state index in [4.69, 9.17) is 4.42 Å². The molecule has 1 atom stereocenters. The number of H-pyrrole nitrogens is 1. The Balaban J connectivity index is 1.60. The van der Waals surface area contributed by atoms with Gasteiger partial charge in [0.1, 0.15) is 17.3 Å². The molecule has 3 heterocycles. The molecule has 23 heavy (non-hydrogen) atoms. The third-order valence-electron chi connectivity index (χ3n) is 4.47. The largest absolute Gasteiger partial charge is 0.466 e. The summed E-state index contributed by atoms with van der Waals surface area (Å²) in [4.78, 5) is 24.4. The fraction of sp³-hybridized carbons (Fsp3) is 0.529. The SMILES string of the molecule is CCN1CCN(C(=O)CCc2ccc(C)o2)CC1c1ncc[nH]1. The van der Waals surface area contributed by atoms with E-state index in [1.807, 2.05) is 30.2 Å². The van der Waals surface area contributed by atoms with Crippen LogP contribution in [0.5, 0.6) is 0 Å². The predicted octanol–water partition coefficient (Wildman–Crippen LogP) is 2.15. The first-order chi connectivity index (χ1) is 11.2. The number of amides is 1. The molecule has 1 saturated heterocycles. The topological polar surface area (TPSA) is 65.4 Å². The molecule has 2 aromatic heterocycles. The lowest BCUT2D eigenvalue weighted by atomic mass is 10.1. The van der Waals surface area contributed by atoms with Gasteiger partial charge in [-0.1, -0.05) is 6.92 Å². The van der Waals surface area contributed by atoms with Gasteiger partial charge in [-0.15, -0.1) is 0 Å². The number of carbonyl (C=O) groups excluding carboxylic acids is 1. The minimum atomic E-state index is 0.151. The van der Waals surface area contributed by atoms with Gasteiger partial charge in [0.25, 0.3) is 0 Å². The second-order valence-electron chi connectivity index (χ2n) is 5.97. The van der Waals surface area contributed by atoms with Crippen LogP contribution in [0.25, 0.3) is 0 Å². The first kappa shape index (κ1) is 15.8. The fourth-order valence-electron chi connectivity index (χ4n) is 3.15. The summed E-state index contributed by atoms with van der Waals surface area (Å²) in [7, 11) is 0. The molecule has 1 aliphatic rings. The lowest BCUT2D eigenvalue weighted by Crippen LogP contribution is -2.50.